The molecule has 1 fully saturated rings. The number of nitrogens with one attached hydrogen (secondary N) is 1. The van der Waals surface area contributed by atoms with Crippen LogP contribution in [0.25, 0.3) is 0 Å². The fraction of sp³-hybridized carbons (Fsp3) is 0.368. The summed E-state index contributed by atoms with van der Waals surface area (Å²) in [4.78, 5) is -0.490. The summed E-state index contributed by atoms with van der Waals surface area (Å²) >= 11 is 0. The maximum atomic E-state index is 14.2. The first kappa shape index (κ1) is 20.9. The monoisotopic (exact) mass is 429 g/mol. The summed E-state index contributed by atoms with van der Waals surface area (Å²) in [6.45, 7) is 1.83. The summed E-state index contributed by atoms with van der Waals surface area (Å²) in [6, 6.07) is 9.02. The van der Waals surface area contributed by atoms with E-state index >= 15 is 0 Å². The number of benzene rings is 2. The van der Waals surface area contributed by atoms with Gasteiger partial charge in [0.05, 0.1) is 16.8 Å². The molecule has 0 aliphatic carbocycles. The lowest BCUT2D eigenvalue weighted by Gasteiger charge is -2.20. The van der Waals surface area contributed by atoms with E-state index < -0.39 is 47.4 Å². The molecule has 1 N–H and O–H groups in total. The molecular weight excluding hydrogens is 408 g/mol. The molecule has 2 aromatic rings. The summed E-state index contributed by atoms with van der Waals surface area (Å²) in [5, 5.41) is 1.63. The van der Waals surface area contributed by atoms with Crippen molar-refractivity contribution in [2.24, 2.45) is 0 Å². The number of aryl methyl sites for hydroxylation is 1. The fourth-order valence-electron chi connectivity index (χ4n) is 3.40. The van der Waals surface area contributed by atoms with Crippen LogP contribution in [0.5, 0.6) is 0 Å². The molecule has 1 heterocycles. The molecule has 2 aromatic carbocycles. The lowest BCUT2D eigenvalue weighted by molar-refractivity contribution is 0.516. The maximum Gasteiger partial charge on any atom is 0.186 e. The second-order valence-electron chi connectivity index (χ2n) is 7.00. The minimum Gasteiger partial charge on any atom is -0.311 e. The zero-order valence-corrected chi connectivity index (χ0v) is 16.9. The van der Waals surface area contributed by atoms with E-state index in [1.807, 2.05) is 0 Å². The van der Waals surface area contributed by atoms with E-state index in [1.54, 1.807) is 25.1 Å². The van der Waals surface area contributed by atoms with Gasteiger partial charge in [-0.3, -0.25) is 0 Å². The van der Waals surface area contributed by atoms with Gasteiger partial charge in [0.15, 0.2) is 19.7 Å². The normalized spacial score (nSPS) is 21.7. The quantitative estimate of drug-likeness (QED) is 0.760. The number of hydrogen-bond donors (Lipinski definition) is 1. The smallest absolute Gasteiger partial charge is 0.186 e. The molecule has 28 heavy (non-hydrogen) atoms. The van der Waals surface area contributed by atoms with Gasteiger partial charge in [-0.1, -0.05) is 24.3 Å². The molecule has 152 valence electrons. The number of hydrogen-bond acceptors (Lipinski definition) is 5. The van der Waals surface area contributed by atoms with Crippen molar-refractivity contribution in [3.05, 3.63) is 65.2 Å². The van der Waals surface area contributed by atoms with Crippen LogP contribution >= 0.6 is 0 Å². The maximum absolute atomic E-state index is 14.2. The van der Waals surface area contributed by atoms with Crippen LogP contribution in [0.1, 0.15) is 11.1 Å². The Morgan fingerprint density at radius 3 is 2.50 bits per heavy atom. The molecule has 1 aliphatic heterocycles. The predicted molar refractivity (Wildman–Crippen MR) is 103 cm³/mol. The number of sulfone groups is 2. The molecule has 5 nitrogen and oxygen atoms in total. The largest absolute Gasteiger partial charge is 0.311 e. The van der Waals surface area contributed by atoms with Crippen molar-refractivity contribution >= 4 is 19.7 Å². The second-order valence-corrected chi connectivity index (χ2v) is 11.3. The van der Waals surface area contributed by atoms with Crippen molar-refractivity contribution in [3.63, 3.8) is 0 Å². The molecule has 0 saturated carbocycles. The first-order chi connectivity index (χ1) is 13.1. The highest BCUT2D eigenvalue weighted by Gasteiger charge is 2.46. The molecule has 0 radical (unpaired) electrons. The lowest BCUT2D eigenvalue weighted by atomic mass is 10.1. The highest BCUT2D eigenvalue weighted by atomic mass is 32.2. The molecule has 0 aromatic heterocycles. The Kier molecular flexibility index (Phi) is 5.88. The van der Waals surface area contributed by atoms with Crippen LogP contribution in [-0.2, 0) is 26.1 Å². The summed E-state index contributed by atoms with van der Waals surface area (Å²) in [5.74, 6) is -2.21. The molecule has 1 saturated heterocycles. The minimum atomic E-state index is -4.21. The predicted octanol–water partition coefficient (Wildman–Crippen LogP) is 2.04. The molecule has 2 atom stereocenters. The Morgan fingerprint density at radius 2 is 1.79 bits per heavy atom. The molecule has 0 spiro atoms. The summed E-state index contributed by atoms with van der Waals surface area (Å²) in [5.41, 5.74) is 1.00. The Labute approximate surface area is 163 Å². The van der Waals surface area contributed by atoms with E-state index in [0.29, 0.717) is 11.1 Å². The lowest BCUT2D eigenvalue weighted by Crippen LogP contribution is -2.44. The molecule has 0 unspecified atom stereocenters. The van der Waals surface area contributed by atoms with E-state index in [-0.39, 0.29) is 24.5 Å². The number of halogens is 2. The Balaban J connectivity index is 1.82. The fourth-order valence-corrected chi connectivity index (χ4v) is 8.26. The second kappa shape index (κ2) is 7.88. The van der Waals surface area contributed by atoms with Crippen LogP contribution in [0.15, 0.2) is 47.4 Å². The van der Waals surface area contributed by atoms with Gasteiger partial charge in [0.2, 0.25) is 0 Å². The molecule has 1 aliphatic rings. The molecular formula is C19H21F2NO4S2. The van der Waals surface area contributed by atoms with E-state index in [2.05, 4.69) is 5.32 Å². The molecule has 9 heteroatoms. The van der Waals surface area contributed by atoms with Gasteiger partial charge >= 0.3 is 0 Å². The van der Waals surface area contributed by atoms with Gasteiger partial charge in [0.25, 0.3) is 0 Å². The van der Waals surface area contributed by atoms with Crippen molar-refractivity contribution in [3.8, 4) is 0 Å². The topological polar surface area (TPSA) is 80.3 Å². The van der Waals surface area contributed by atoms with Gasteiger partial charge in [-0.15, -0.1) is 0 Å². The van der Waals surface area contributed by atoms with Crippen molar-refractivity contribution in [2.45, 2.75) is 29.5 Å². The van der Waals surface area contributed by atoms with E-state index in [0.717, 1.165) is 6.07 Å². The van der Waals surface area contributed by atoms with Gasteiger partial charge in [0.1, 0.15) is 16.5 Å². The first-order valence-electron chi connectivity index (χ1n) is 8.77. The van der Waals surface area contributed by atoms with Gasteiger partial charge in [0, 0.05) is 6.04 Å². The average Bonchev–Trinajstić information content (AvgIpc) is 2.94. The van der Waals surface area contributed by atoms with Crippen molar-refractivity contribution in [2.75, 3.05) is 18.1 Å². The van der Waals surface area contributed by atoms with Crippen molar-refractivity contribution in [1.82, 2.24) is 5.32 Å². The Bertz CT molecular complexity index is 1080. The zero-order chi connectivity index (χ0) is 20.5. The van der Waals surface area contributed by atoms with Crippen LogP contribution in [0.3, 0.4) is 0 Å². The number of rotatable bonds is 6. The highest BCUT2D eigenvalue weighted by Crippen LogP contribution is 2.28. The van der Waals surface area contributed by atoms with E-state index in [1.165, 1.54) is 18.2 Å². The average molecular weight is 430 g/mol. The van der Waals surface area contributed by atoms with Crippen molar-refractivity contribution in [1.29, 1.82) is 0 Å². The van der Waals surface area contributed by atoms with Gasteiger partial charge in [-0.05, 0) is 49.2 Å². The van der Waals surface area contributed by atoms with Crippen LogP contribution in [0, 0.1) is 18.6 Å². The van der Waals surface area contributed by atoms with Gasteiger partial charge < -0.3 is 5.32 Å². The van der Waals surface area contributed by atoms with Gasteiger partial charge in [-0.2, -0.15) is 0 Å². The van der Waals surface area contributed by atoms with Crippen molar-refractivity contribution < 1.29 is 25.6 Å². The van der Waals surface area contributed by atoms with Crippen LogP contribution < -0.4 is 5.32 Å². The Hall–Kier alpha value is -1.84. The zero-order valence-electron chi connectivity index (χ0n) is 15.2. The van der Waals surface area contributed by atoms with Crippen LogP contribution in [0.4, 0.5) is 8.78 Å². The third-order valence-corrected chi connectivity index (χ3v) is 9.01. The van der Waals surface area contributed by atoms with E-state index in [9.17, 15) is 25.6 Å². The molecule has 3 rings (SSSR count). The highest BCUT2D eigenvalue weighted by molar-refractivity contribution is 7.96. The summed E-state index contributed by atoms with van der Waals surface area (Å²) < 4.78 is 78.1. The minimum absolute atomic E-state index is 0.198. The van der Waals surface area contributed by atoms with Crippen LogP contribution in [0.2, 0.25) is 0 Å². The first-order valence-corrected chi connectivity index (χ1v) is 12.1. The summed E-state index contributed by atoms with van der Waals surface area (Å²) in [7, 11) is -7.81. The third kappa shape index (κ3) is 4.42. The third-order valence-electron chi connectivity index (χ3n) is 4.85. The SMILES string of the molecule is Cc1ccc(F)c(S(=O)(=O)[C@H]2CS(=O)(=O)C[C@@H]2NCCc2ccccc2F)c1. The molecule has 0 bridgehead atoms. The van der Waals surface area contributed by atoms with Crippen LogP contribution in [-0.4, -0.2) is 46.2 Å². The molecule has 0 amide bonds. The van der Waals surface area contributed by atoms with Gasteiger partial charge in [-0.25, -0.2) is 25.6 Å². The Morgan fingerprint density at radius 1 is 1.07 bits per heavy atom. The standard InChI is InChI=1S/C19H21F2NO4S2/c1-13-6-7-16(21)18(10-13)28(25,26)19-12-27(23,24)11-17(19)22-9-8-14-4-2-3-5-15(14)20/h2-7,10,17,19,22H,8-9,11-12H2,1H3/t17-,19-/m0/s1. The summed E-state index contributed by atoms with van der Waals surface area (Å²) in [6.07, 6.45) is 0.273. The van der Waals surface area contributed by atoms with E-state index in [4.69, 9.17) is 0 Å².